The van der Waals surface area contributed by atoms with Gasteiger partial charge in [0.15, 0.2) is 5.78 Å². The first kappa shape index (κ1) is 35.5. The molecule has 7 nitrogen and oxygen atoms in total. The number of nitrogens with zero attached hydrogens (tertiary/aromatic N) is 1. The van der Waals surface area contributed by atoms with E-state index in [2.05, 4.69) is 49.5 Å². The normalized spacial score (nSPS) is 34.8. The van der Waals surface area contributed by atoms with Gasteiger partial charge < -0.3 is 25.2 Å². The summed E-state index contributed by atoms with van der Waals surface area (Å²) in [5.41, 5.74) is -0.371. The Morgan fingerprint density at radius 2 is 1.59 bits per heavy atom. The molecule has 2 amide bonds. The third-order valence-corrected chi connectivity index (χ3v) is 16.0. The van der Waals surface area contributed by atoms with Crippen LogP contribution in [-0.4, -0.2) is 52.3 Å². The molecular formula is C46H50N2O5S. The molecule has 0 saturated heterocycles. The van der Waals surface area contributed by atoms with Gasteiger partial charge in [-0.3, -0.25) is 4.79 Å². The summed E-state index contributed by atoms with van der Waals surface area (Å²) in [6, 6.07) is 27.2. The van der Waals surface area contributed by atoms with Gasteiger partial charge in [-0.15, -0.1) is 11.3 Å². The molecule has 10 rings (SSSR count). The van der Waals surface area contributed by atoms with E-state index >= 15 is 4.79 Å². The number of carbonyl (C=O) groups excluding carboxylic acids is 2. The van der Waals surface area contributed by atoms with Gasteiger partial charge in [0.25, 0.3) is 0 Å². The summed E-state index contributed by atoms with van der Waals surface area (Å²) in [5, 5.41) is 28.4. The number of ether oxygens (including phenoxy) is 1. The van der Waals surface area contributed by atoms with E-state index < -0.39 is 27.9 Å². The van der Waals surface area contributed by atoms with E-state index in [1.165, 1.54) is 0 Å². The molecule has 8 heteroatoms. The Kier molecular flexibility index (Phi) is 8.31. The van der Waals surface area contributed by atoms with Crippen LogP contribution in [0.4, 0.5) is 10.5 Å². The number of hydrogen-bond acceptors (Lipinski definition) is 6. The van der Waals surface area contributed by atoms with Gasteiger partial charge in [0.2, 0.25) is 0 Å². The first-order chi connectivity index (χ1) is 25.9. The quantitative estimate of drug-likeness (QED) is 0.123. The topological polar surface area (TPSA) is 99.1 Å². The van der Waals surface area contributed by atoms with Crippen LogP contribution in [0.2, 0.25) is 0 Å². The van der Waals surface area contributed by atoms with Gasteiger partial charge >= 0.3 is 6.03 Å². The number of aliphatic hydroxyl groups excluding tert-OH is 1. The minimum absolute atomic E-state index is 0.0141. The monoisotopic (exact) mass is 742 g/mol. The van der Waals surface area contributed by atoms with E-state index in [0.29, 0.717) is 30.8 Å². The molecule has 1 aromatic heterocycles. The molecule has 4 aromatic rings. The molecule has 8 atom stereocenters. The number of benzene rings is 3. The number of nitrogens with one attached hydrogen (secondary N) is 1. The number of urea groups is 1. The molecule has 280 valence electrons. The lowest BCUT2D eigenvalue weighted by Crippen LogP contribution is -2.67. The van der Waals surface area contributed by atoms with Crippen molar-refractivity contribution in [2.45, 2.75) is 77.0 Å². The fourth-order valence-corrected chi connectivity index (χ4v) is 13.0. The summed E-state index contributed by atoms with van der Waals surface area (Å²) < 4.78 is 6.42. The average molecular weight is 743 g/mol. The number of Topliss-reactive ketones (excluding diaryl/α,β-unsaturated/α-hetero) is 1. The number of hydrogen-bond donors (Lipinski definition) is 3. The van der Waals surface area contributed by atoms with E-state index in [-0.39, 0.29) is 35.6 Å². The van der Waals surface area contributed by atoms with Gasteiger partial charge in [-0.1, -0.05) is 80.6 Å². The molecule has 6 aliphatic carbocycles. The van der Waals surface area contributed by atoms with Gasteiger partial charge in [0.1, 0.15) is 5.75 Å². The largest absolute Gasteiger partial charge is 0.497 e. The lowest BCUT2D eigenvalue weighted by atomic mass is 9.32. The Balaban J connectivity index is 1.10. The molecule has 8 unspecified atom stereocenters. The molecule has 3 aromatic carbocycles. The maximum absolute atomic E-state index is 15.1. The van der Waals surface area contributed by atoms with Gasteiger partial charge in [0.05, 0.1) is 30.2 Å². The molecule has 54 heavy (non-hydrogen) atoms. The van der Waals surface area contributed by atoms with Gasteiger partial charge in [-0.25, -0.2) is 4.79 Å². The number of amides is 2. The van der Waals surface area contributed by atoms with Crippen LogP contribution in [0.5, 0.6) is 5.75 Å². The first-order valence-corrected chi connectivity index (χ1v) is 20.4. The Morgan fingerprint density at radius 1 is 0.889 bits per heavy atom. The van der Waals surface area contributed by atoms with Crippen molar-refractivity contribution in [3.63, 3.8) is 0 Å². The predicted octanol–water partition coefficient (Wildman–Crippen LogP) is 9.42. The molecule has 2 spiro atoms. The first-order valence-electron chi connectivity index (χ1n) is 19.6. The lowest BCUT2D eigenvalue weighted by molar-refractivity contribution is -0.174. The second kappa shape index (κ2) is 12.7. The standard InChI is InChI=1S/C46H50N2O5S/c1-42-20-17-33(49)26-44(42)23-24-46(35(27-44)40(50)37-25-31-11-7-8-12-36(31)54-37)38(42)18-21-43(2)39(46)19-22-45(43,52)29-48(28-30-9-5-4-6-10-30)41(51)47-32-13-15-34(53-3)16-14-32/h4-16,23-25,27,33,38-39,49,52H,17-22,26,28-29H2,1-3H3,(H,47,51). The van der Waals surface area contributed by atoms with Gasteiger partial charge in [-0.05, 0) is 110 Å². The summed E-state index contributed by atoms with van der Waals surface area (Å²) in [4.78, 5) is 31.8. The molecule has 1 heterocycles. The molecule has 6 aliphatic rings. The summed E-state index contributed by atoms with van der Waals surface area (Å²) in [6.45, 7) is 5.15. The highest BCUT2D eigenvalue weighted by molar-refractivity contribution is 7.21. The second-order valence-corrected chi connectivity index (χ2v) is 18.4. The van der Waals surface area contributed by atoms with E-state index in [9.17, 15) is 15.0 Å². The fraction of sp³-hybridized carbons (Fsp3) is 0.435. The zero-order valence-electron chi connectivity index (χ0n) is 31.4. The fourth-order valence-electron chi connectivity index (χ4n) is 12.0. The van der Waals surface area contributed by atoms with Crippen molar-refractivity contribution in [3.8, 4) is 5.75 Å². The van der Waals surface area contributed by atoms with Crippen molar-refractivity contribution in [2.75, 3.05) is 19.0 Å². The molecular weight excluding hydrogens is 693 g/mol. The third kappa shape index (κ3) is 5.12. The van der Waals surface area contributed by atoms with Crippen molar-refractivity contribution in [1.82, 2.24) is 4.90 Å². The Hall–Kier alpha value is -4.24. The Bertz CT molecular complexity index is 2150. The summed E-state index contributed by atoms with van der Waals surface area (Å²) >= 11 is 1.56. The number of allylic oxidation sites excluding steroid dienone is 4. The van der Waals surface area contributed by atoms with Crippen LogP contribution >= 0.6 is 11.3 Å². The molecule has 2 bridgehead atoms. The molecule has 0 aliphatic heterocycles. The summed E-state index contributed by atoms with van der Waals surface area (Å²) in [6.07, 6.45) is 11.8. The average Bonchev–Trinajstić information content (AvgIpc) is 3.73. The van der Waals surface area contributed by atoms with Gasteiger partial charge in [-0.2, -0.15) is 0 Å². The number of carbonyl (C=O) groups is 2. The number of methoxy groups -OCH3 is 1. The predicted molar refractivity (Wildman–Crippen MR) is 214 cm³/mol. The number of anilines is 1. The molecule has 3 N–H and O–H groups in total. The zero-order chi connectivity index (χ0) is 37.5. The smallest absolute Gasteiger partial charge is 0.322 e. The highest BCUT2D eigenvalue weighted by Crippen LogP contribution is 2.78. The number of thiophene rings is 1. The van der Waals surface area contributed by atoms with Crippen LogP contribution in [0.3, 0.4) is 0 Å². The van der Waals surface area contributed by atoms with Crippen molar-refractivity contribution in [1.29, 1.82) is 0 Å². The van der Waals surface area contributed by atoms with Crippen molar-refractivity contribution in [3.05, 3.63) is 119 Å². The van der Waals surface area contributed by atoms with Crippen LogP contribution in [0, 0.1) is 33.5 Å². The SMILES string of the molecule is COc1ccc(NC(=O)N(Cc2ccccc2)CC2(O)CCC3C45C=CC6(C=C4C(=O)c4cc7ccccc7s4)CC(O)CCC6(C)C5CCC32C)cc1. The Labute approximate surface area is 321 Å². The van der Waals surface area contributed by atoms with Crippen LogP contribution in [0.25, 0.3) is 10.1 Å². The molecule has 3 saturated carbocycles. The van der Waals surface area contributed by atoms with E-state index in [1.54, 1.807) is 23.3 Å². The van der Waals surface area contributed by atoms with E-state index in [0.717, 1.165) is 58.2 Å². The minimum atomic E-state index is -1.20. The molecule has 3 fully saturated rings. The van der Waals surface area contributed by atoms with Crippen LogP contribution in [0.1, 0.15) is 74.0 Å². The summed E-state index contributed by atoms with van der Waals surface area (Å²) in [5.74, 6) is 0.966. The number of fused-ring (bicyclic) bond motifs is 2. The molecule has 0 radical (unpaired) electrons. The van der Waals surface area contributed by atoms with E-state index in [1.807, 2.05) is 72.8 Å². The maximum Gasteiger partial charge on any atom is 0.322 e. The highest BCUT2D eigenvalue weighted by Gasteiger charge is 2.74. The number of aliphatic hydroxyl groups is 2. The van der Waals surface area contributed by atoms with Crippen molar-refractivity contribution in [2.24, 2.45) is 33.5 Å². The van der Waals surface area contributed by atoms with Crippen LogP contribution < -0.4 is 10.1 Å². The van der Waals surface area contributed by atoms with Gasteiger partial charge in [0, 0.05) is 38.8 Å². The maximum atomic E-state index is 15.1. The zero-order valence-corrected chi connectivity index (χ0v) is 32.2. The van der Waals surface area contributed by atoms with Crippen molar-refractivity contribution < 1.29 is 24.5 Å². The van der Waals surface area contributed by atoms with Crippen molar-refractivity contribution >= 4 is 38.9 Å². The van der Waals surface area contributed by atoms with Crippen LogP contribution in [-0.2, 0) is 6.54 Å². The minimum Gasteiger partial charge on any atom is -0.497 e. The number of rotatable bonds is 8. The second-order valence-electron chi connectivity index (χ2n) is 17.3. The summed E-state index contributed by atoms with van der Waals surface area (Å²) in [7, 11) is 1.61. The van der Waals surface area contributed by atoms with E-state index in [4.69, 9.17) is 4.74 Å². The van der Waals surface area contributed by atoms with Crippen LogP contribution in [0.15, 0.2) is 109 Å². The number of ketones is 1. The lowest BCUT2D eigenvalue weighted by Gasteiger charge is -2.71. The Morgan fingerprint density at radius 3 is 2.35 bits per heavy atom. The highest BCUT2D eigenvalue weighted by atomic mass is 32.1. The third-order valence-electron chi connectivity index (χ3n) is 14.9.